The number of benzene rings is 1. The smallest absolute Gasteiger partial charge is 0.338 e. The van der Waals surface area contributed by atoms with Crippen LogP contribution in [0.1, 0.15) is 38.1 Å². The number of nitrogens with one attached hydrogen (secondary N) is 2. The zero-order chi connectivity index (χ0) is 18.3. The van der Waals surface area contributed by atoms with Crippen molar-refractivity contribution in [1.82, 2.24) is 10.0 Å². The molecule has 8 heteroatoms. The Bertz CT molecular complexity index is 668. The van der Waals surface area contributed by atoms with Gasteiger partial charge in [0.15, 0.2) is 6.10 Å². The molecule has 0 radical (unpaired) electrons. The van der Waals surface area contributed by atoms with Crippen molar-refractivity contribution in [2.24, 2.45) is 5.92 Å². The molecular formula is C16H24N2O5S. The molecule has 2 N–H and O–H groups in total. The fraction of sp³-hybridized carbons (Fsp3) is 0.500. The van der Waals surface area contributed by atoms with Crippen molar-refractivity contribution in [3.8, 4) is 0 Å². The maximum Gasteiger partial charge on any atom is 0.338 e. The highest BCUT2D eigenvalue weighted by Crippen LogP contribution is 2.12. The Balaban J connectivity index is 2.70. The average molecular weight is 356 g/mol. The second kappa shape index (κ2) is 8.79. The Kier molecular flexibility index (Phi) is 7.37. The number of esters is 1. The Morgan fingerprint density at radius 2 is 1.71 bits per heavy atom. The van der Waals surface area contributed by atoms with Crippen LogP contribution in [0.3, 0.4) is 0 Å². The van der Waals surface area contributed by atoms with Gasteiger partial charge in [-0.15, -0.1) is 0 Å². The van der Waals surface area contributed by atoms with Gasteiger partial charge in [-0.05, 0) is 37.1 Å². The monoisotopic (exact) mass is 356 g/mol. The van der Waals surface area contributed by atoms with Crippen LogP contribution in [0.15, 0.2) is 29.2 Å². The molecule has 0 aliphatic heterocycles. The third kappa shape index (κ3) is 5.93. The SMILES string of the molecule is CCNS(=O)(=O)c1ccc(C(=O)O[C@H](C)C(=O)NCC(C)C)cc1. The normalized spacial score (nSPS) is 12.7. The summed E-state index contributed by atoms with van der Waals surface area (Å²) in [5.74, 6) is -0.763. The second-order valence-electron chi connectivity index (χ2n) is 5.71. The summed E-state index contributed by atoms with van der Waals surface area (Å²) < 4.78 is 31.1. The molecule has 0 fully saturated rings. The number of ether oxygens (including phenoxy) is 1. The highest BCUT2D eigenvalue weighted by molar-refractivity contribution is 7.89. The van der Waals surface area contributed by atoms with E-state index in [2.05, 4.69) is 10.0 Å². The summed E-state index contributed by atoms with van der Waals surface area (Å²) in [6.45, 7) is 7.85. The van der Waals surface area contributed by atoms with E-state index in [1.54, 1.807) is 6.92 Å². The summed E-state index contributed by atoms with van der Waals surface area (Å²) in [5.41, 5.74) is 0.175. The summed E-state index contributed by atoms with van der Waals surface area (Å²) in [7, 11) is -3.57. The van der Waals surface area contributed by atoms with Crippen LogP contribution in [0.2, 0.25) is 0 Å². The van der Waals surface area contributed by atoms with E-state index in [4.69, 9.17) is 4.74 Å². The molecule has 0 unspecified atom stereocenters. The minimum absolute atomic E-state index is 0.0589. The van der Waals surface area contributed by atoms with E-state index in [1.165, 1.54) is 31.2 Å². The van der Waals surface area contributed by atoms with E-state index in [0.29, 0.717) is 12.5 Å². The number of amides is 1. The number of rotatable bonds is 8. The topological polar surface area (TPSA) is 102 Å². The molecule has 1 atom stereocenters. The van der Waals surface area contributed by atoms with Crippen LogP contribution in [0.4, 0.5) is 0 Å². The maximum atomic E-state index is 12.0. The van der Waals surface area contributed by atoms with Gasteiger partial charge in [-0.3, -0.25) is 4.79 Å². The van der Waals surface area contributed by atoms with Gasteiger partial charge in [0.25, 0.3) is 5.91 Å². The van der Waals surface area contributed by atoms with Gasteiger partial charge in [0.2, 0.25) is 10.0 Å². The molecule has 24 heavy (non-hydrogen) atoms. The zero-order valence-corrected chi connectivity index (χ0v) is 15.1. The standard InChI is InChI=1S/C16H24N2O5S/c1-5-18-24(21,22)14-8-6-13(7-9-14)16(20)23-12(4)15(19)17-10-11(2)3/h6-9,11-12,18H,5,10H2,1-4H3,(H,17,19)/t12-/m1/s1. The molecular weight excluding hydrogens is 332 g/mol. The lowest BCUT2D eigenvalue weighted by molar-refractivity contribution is -0.129. The molecule has 0 aliphatic rings. The molecule has 1 amide bonds. The number of hydrogen-bond acceptors (Lipinski definition) is 5. The molecule has 0 aromatic heterocycles. The molecule has 0 bridgehead atoms. The first kappa shape index (κ1) is 20.1. The van der Waals surface area contributed by atoms with Crippen molar-refractivity contribution in [3.63, 3.8) is 0 Å². The predicted molar refractivity (Wildman–Crippen MR) is 90.0 cm³/mol. The minimum atomic E-state index is -3.57. The maximum absolute atomic E-state index is 12.0. The number of sulfonamides is 1. The van der Waals surface area contributed by atoms with Crippen LogP contribution in [0, 0.1) is 5.92 Å². The van der Waals surface area contributed by atoms with Gasteiger partial charge in [-0.1, -0.05) is 20.8 Å². The number of hydrogen-bond donors (Lipinski definition) is 2. The van der Waals surface area contributed by atoms with Gasteiger partial charge in [-0.25, -0.2) is 17.9 Å². The van der Waals surface area contributed by atoms with Crippen molar-refractivity contribution in [1.29, 1.82) is 0 Å². The Morgan fingerprint density at radius 1 is 1.12 bits per heavy atom. The van der Waals surface area contributed by atoms with E-state index in [-0.39, 0.29) is 22.9 Å². The first-order valence-corrected chi connectivity index (χ1v) is 9.24. The van der Waals surface area contributed by atoms with Crippen molar-refractivity contribution in [3.05, 3.63) is 29.8 Å². The van der Waals surface area contributed by atoms with Crippen LogP contribution in [0.5, 0.6) is 0 Å². The molecule has 0 saturated heterocycles. The van der Waals surface area contributed by atoms with Gasteiger partial charge in [0.1, 0.15) is 0 Å². The second-order valence-corrected chi connectivity index (χ2v) is 7.48. The fourth-order valence-electron chi connectivity index (χ4n) is 1.77. The largest absolute Gasteiger partial charge is 0.449 e. The third-order valence-corrected chi connectivity index (χ3v) is 4.63. The molecule has 134 valence electrons. The summed E-state index contributed by atoms with van der Waals surface area (Å²) >= 11 is 0. The van der Waals surface area contributed by atoms with Crippen molar-refractivity contribution < 1.29 is 22.7 Å². The highest BCUT2D eigenvalue weighted by Gasteiger charge is 2.20. The molecule has 0 aliphatic carbocycles. The van der Waals surface area contributed by atoms with Crippen LogP contribution in [-0.2, 0) is 19.6 Å². The quantitative estimate of drug-likeness (QED) is 0.684. The molecule has 1 rings (SSSR count). The predicted octanol–water partition coefficient (Wildman–Crippen LogP) is 1.30. The molecule has 7 nitrogen and oxygen atoms in total. The van der Waals surface area contributed by atoms with E-state index >= 15 is 0 Å². The van der Waals surface area contributed by atoms with Crippen molar-refractivity contribution in [2.75, 3.05) is 13.1 Å². The summed E-state index contributed by atoms with van der Waals surface area (Å²) in [6.07, 6.45) is -0.929. The summed E-state index contributed by atoms with van der Waals surface area (Å²) in [4.78, 5) is 23.9. The van der Waals surface area contributed by atoms with Crippen molar-refractivity contribution >= 4 is 21.9 Å². The van der Waals surface area contributed by atoms with Crippen molar-refractivity contribution in [2.45, 2.75) is 38.7 Å². The molecule has 0 spiro atoms. The lowest BCUT2D eigenvalue weighted by Gasteiger charge is -2.14. The Morgan fingerprint density at radius 3 is 2.21 bits per heavy atom. The first-order chi connectivity index (χ1) is 11.2. The molecule has 0 saturated carbocycles. The van der Waals surface area contributed by atoms with Crippen LogP contribution in [-0.4, -0.2) is 39.5 Å². The van der Waals surface area contributed by atoms with Gasteiger partial charge >= 0.3 is 5.97 Å². The third-order valence-electron chi connectivity index (χ3n) is 3.07. The fourth-order valence-corrected chi connectivity index (χ4v) is 2.82. The highest BCUT2D eigenvalue weighted by atomic mass is 32.2. The minimum Gasteiger partial charge on any atom is -0.449 e. The first-order valence-electron chi connectivity index (χ1n) is 7.75. The Hall–Kier alpha value is -1.93. The van der Waals surface area contributed by atoms with Gasteiger partial charge in [-0.2, -0.15) is 0 Å². The molecule has 0 heterocycles. The van der Waals surface area contributed by atoms with Gasteiger partial charge in [0, 0.05) is 13.1 Å². The van der Waals surface area contributed by atoms with Crippen LogP contribution < -0.4 is 10.0 Å². The lowest BCUT2D eigenvalue weighted by atomic mass is 10.2. The Labute approximate surface area is 142 Å². The van der Waals surface area contributed by atoms with E-state index in [1.807, 2.05) is 13.8 Å². The van der Waals surface area contributed by atoms with E-state index < -0.39 is 22.1 Å². The summed E-state index contributed by atoms with van der Waals surface area (Å²) in [6, 6.07) is 5.34. The summed E-state index contributed by atoms with van der Waals surface area (Å²) in [5, 5.41) is 2.68. The molecule has 1 aromatic carbocycles. The molecule has 1 aromatic rings. The van der Waals surface area contributed by atoms with Crippen LogP contribution in [0.25, 0.3) is 0 Å². The average Bonchev–Trinajstić information content (AvgIpc) is 2.52. The van der Waals surface area contributed by atoms with Gasteiger partial charge in [0.05, 0.1) is 10.5 Å². The van der Waals surface area contributed by atoms with Crippen LogP contribution >= 0.6 is 0 Å². The lowest BCUT2D eigenvalue weighted by Crippen LogP contribution is -2.37. The number of carbonyl (C=O) groups is 2. The number of carbonyl (C=O) groups excluding carboxylic acids is 2. The zero-order valence-electron chi connectivity index (χ0n) is 14.3. The van der Waals surface area contributed by atoms with E-state index in [9.17, 15) is 18.0 Å². The van der Waals surface area contributed by atoms with E-state index in [0.717, 1.165) is 0 Å². The van der Waals surface area contributed by atoms with Gasteiger partial charge < -0.3 is 10.1 Å².